The molecule has 104 valence electrons. The first-order valence-electron chi connectivity index (χ1n) is 6.26. The lowest BCUT2D eigenvalue weighted by atomic mass is 10.0. The van der Waals surface area contributed by atoms with Crippen molar-refractivity contribution >= 4 is 23.4 Å². The van der Waals surface area contributed by atoms with E-state index in [-0.39, 0.29) is 13.0 Å². The summed E-state index contributed by atoms with van der Waals surface area (Å²) < 4.78 is 0. The minimum atomic E-state index is -1.04. The van der Waals surface area contributed by atoms with E-state index in [0.29, 0.717) is 11.1 Å². The molecule has 0 bridgehead atoms. The predicted octanol–water partition coefficient (Wildman–Crippen LogP) is 1.53. The van der Waals surface area contributed by atoms with Crippen molar-refractivity contribution in [3.05, 3.63) is 41.0 Å². The van der Waals surface area contributed by atoms with Crippen LogP contribution in [0.4, 0.5) is 0 Å². The van der Waals surface area contributed by atoms with Crippen LogP contribution in [0.25, 0.3) is 5.57 Å². The van der Waals surface area contributed by atoms with Crippen molar-refractivity contribution in [2.24, 2.45) is 0 Å². The van der Waals surface area contributed by atoms with Crippen LogP contribution in [0.2, 0.25) is 0 Å². The van der Waals surface area contributed by atoms with Gasteiger partial charge in [0.05, 0.1) is 12.0 Å². The van der Waals surface area contributed by atoms with Crippen molar-refractivity contribution in [3.63, 3.8) is 0 Å². The molecule has 0 saturated heterocycles. The van der Waals surface area contributed by atoms with Crippen LogP contribution >= 0.6 is 0 Å². The molecule has 2 amide bonds. The maximum atomic E-state index is 12.2. The lowest BCUT2D eigenvalue weighted by Crippen LogP contribution is -2.32. The van der Waals surface area contributed by atoms with Crippen LogP contribution < -0.4 is 0 Å². The topological polar surface area (TPSA) is 74.7 Å². The molecule has 0 unspecified atom stereocenters. The minimum Gasteiger partial charge on any atom is -0.481 e. The summed E-state index contributed by atoms with van der Waals surface area (Å²) in [6, 6.07) is 5.66. The highest BCUT2D eigenvalue weighted by molar-refractivity contribution is 6.33. The van der Waals surface area contributed by atoms with E-state index in [0.717, 1.165) is 16.0 Å². The summed E-state index contributed by atoms with van der Waals surface area (Å²) >= 11 is 0. The first kappa shape index (κ1) is 14.0. The Labute approximate surface area is 116 Å². The number of carboxylic acids is 1. The average Bonchev–Trinajstić information content (AvgIpc) is 2.61. The van der Waals surface area contributed by atoms with Gasteiger partial charge in [0.15, 0.2) is 0 Å². The number of rotatable bonds is 4. The van der Waals surface area contributed by atoms with Crippen molar-refractivity contribution in [3.8, 4) is 0 Å². The number of hydrogen-bond acceptors (Lipinski definition) is 3. The second kappa shape index (κ2) is 5.28. The number of hydrogen-bond donors (Lipinski definition) is 1. The number of carboxylic acid groups (broad SMARTS) is 1. The van der Waals surface area contributed by atoms with Crippen LogP contribution in [0, 0.1) is 13.8 Å². The Morgan fingerprint density at radius 1 is 1.15 bits per heavy atom. The molecular formula is C15H15NO4. The zero-order chi connectivity index (χ0) is 14.9. The molecule has 1 aliphatic heterocycles. The van der Waals surface area contributed by atoms with Crippen LogP contribution in [0.15, 0.2) is 24.3 Å². The van der Waals surface area contributed by atoms with E-state index in [4.69, 9.17) is 5.11 Å². The summed E-state index contributed by atoms with van der Waals surface area (Å²) in [6.07, 6.45) is 1.03. The Balaban J connectivity index is 2.26. The molecule has 5 nitrogen and oxygen atoms in total. The Kier molecular flexibility index (Phi) is 3.70. The van der Waals surface area contributed by atoms with E-state index in [1.807, 2.05) is 32.0 Å². The largest absolute Gasteiger partial charge is 0.481 e. The van der Waals surface area contributed by atoms with E-state index in [9.17, 15) is 14.4 Å². The lowest BCUT2D eigenvalue weighted by molar-refractivity contribution is -0.139. The van der Waals surface area contributed by atoms with Crippen molar-refractivity contribution in [1.29, 1.82) is 0 Å². The van der Waals surface area contributed by atoms with Gasteiger partial charge in [0.1, 0.15) is 0 Å². The predicted molar refractivity (Wildman–Crippen MR) is 72.9 cm³/mol. The van der Waals surface area contributed by atoms with Gasteiger partial charge in [-0.25, -0.2) is 0 Å². The maximum absolute atomic E-state index is 12.2. The first-order valence-corrected chi connectivity index (χ1v) is 6.26. The van der Waals surface area contributed by atoms with Crippen LogP contribution in [-0.2, 0) is 14.4 Å². The number of aliphatic carboxylic acids is 1. The monoisotopic (exact) mass is 273 g/mol. The summed E-state index contributed by atoms with van der Waals surface area (Å²) in [5.41, 5.74) is 3.03. The van der Waals surface area contributed by atoms with Crippen molar-refractivity contribution in [2.45, 2.75) is 20.3 Å². The fourth-order valence-corrected chi connectivity index (χ4v) is 2.26. The third kappa shape index (κ3) is 2.77. The molecule has 2 rings (SSSR count). The van der Waals surface area contributed by atoms with Gasteiger partial charge in [-0.05, 0) is 19.4 Å². The number of carbonyl (C=O) groups excluding carboxylic acids is 2. The summed E-state index contributed by atoms with van der Waals surface area (Å²) in [5, 5.41) is 8.64. The number of imide groups is 1. The quantitative estimate of drug-likeness (QED) is 0.844. The van der Waals surface area contributed by atoms with Gasteiger partial charge in [0.25, 0.3) is 11.8 Å². The summed E-state index contributed by atoms with van der Waals surface area (Å²) in [4.78, 5) is 35.5. The second-order valence-electron chi connectivity index (χ2n) is 4.87. The zero-order valence-corrected chi connectivity index (χ0v) is 11.3. The van der Waals surface area contributed by atoms with Crippen LogP contribution in [0.3, 0.4) is 0 Å². The van der Waals surface area contributed by atoms with E-state index in [1.165, 1.54) is 6.08 Å². The van der Waals surface area contributed by atoms with Gasteiger partial charge in [0.2, 0.25) is 0 Å². The second-order valence-corrected chi connectivity index (χ2v) is 4.87. The van der Waals surface area contributed by atoms with E-state index in [2.05, 4.69) is 0 Å². The highest BCUT2D eigenvalue weighted by atomic mass is 16.4. The number of carbonyl (C=O) groups is 3. The van der Waals surface area contributed by atoms with E-state index < -0.39 is 17.8 Å². The Bertz CT molecular complexity index is 611. The zero-order valence-electron chi connectivity index (χ0n) is 11.3. The summed E-state index contributed by atoms with van der Waals surface area (Å²) in [5.74, 6) is -1.92. The fraction of sp³-hybridized carbons (Fsp3) is 0.267. The number of amides is 2. The molecule has 1 aromatic carbocycles. The summed E-state index contributed by atoms with van der Waals surface area (Å²) in [7, 11) is 0. The van der Waals surface area contributed by atoms with Gasteiger partial charge < -0.3 is 5.11 Å². The molecule has 0 saturated carbocycles. The lowest BCUT2D eigenvalue weighted by Gasteiger charge is -2.13. The van der Waals surface area contributed by atoms with Crippen molar-refractivity contribution < 1.29 is 19.5 Å². The molecule has 20 heavy (non-hydrogen) atoms. The van der Waals surface area contributed by atoms with Crippen molar-refractivity contribution in [2.75, 3.05) is 6.54 Å². The van der Waals surface area contributed by atoms with Gasteiger partial charge in [0, 0.05) is 12.6 Å². The van der Waals surface area contributed by atoms with E-state index in [1.54, 1.807) is 0 Å². The Morgan fingerprint density at radius 3 is 2.30 bits per heavy atom. The Morgan fingerprint density at radius 2 is 1.75 bits per heavy atom. The molecule has 0 aromatic heterocycles. The molecule has 1 N–H and O–H groups in total. The molecule has 1 aromatic rings. The third-order valence-corrected chi connectivity index (χ3v) is 3.09. The number of nitrogens with zero attached hydrogens (tertiary/aromatic N) is 1. The molecular weight excluding hydrogens is 258 g/mol. The van der Waals surface area contributed by atoms with Gasteiger partial charge in [-0.1, -0.05) is 29.3 Å². The van der Waals surface area contributed by atoms with Gasteiger partial charge in [-0.15, -0.1) is 0 Å². The van der Waals surface area contributed by atoms with Crippen LogP contribution in [0.1, 0.15) is 23.1 Å². The smallest absolute Gasteiger partial charge is 0.305 e. The molecule has 1 aliphatic rings. The van der Waals surface area contributed by atoms with Gasteiger partial charge in [-0.2, -0.15) is 0 Å². The van der Waals surface area contributed by atoms with E-state index >= 15 is 0 Å². The standard InChI is InChI=1S/C15H15NO4/c1-9-5-10(2)7-11(6-9)12-8-13(17)16(15(12)20)4-3-14(18)19/h5-8H,3-4H2,1-2H3,(H,18,19). The van der Waals surface area contributed by atoms with Gasteiger partial charge >= 0.3 is 5.97 Å². The fourth-order valence-electron chi connectivity index (χ4n) is 2.26. The molecule has 0 aliphatic carbocycles. The molecule has 1 heterocycles. The van der Waals surface area contributed by atoms with Crippen molar-refractivity contribution in [1.82, 2.24) is 4.90 Å². The number of aryl methyl sites for hydroxylation is 2. The highest BCUT2D eigenvalue weighted by Gasteiger charge is 2.31. The van der Waals surface area contributed by atoms with Gasteiger partial charge in [-0.3, -0.25) is 19.3 Å². The molecule has 0 atom stereocenters. The third-order valence-electron chi connectivity index (χ3n) is 3.09. The SMILES string of the molecule is Cc1cc(C)cc(C2=CC(=O)N(CCC(=O)O)C2=O)c1. The normalized spacial score (nSPS) is 14.7. The Hall–Kier alpha value is -2.43. The van der Waals surface area contributed by atoms with Crippen LogP contribution in [-0.4, -0.2) is 34.3 Å². The molecule has 0 radical (unpaired) electrons. The first-order chi connectivity index (χ1) is 9.38. The number of benzene rings is 1. The molecule has 0 fully saturated rings. The maximum Gasteiger partial charge on any atom is 0.305 e. The van der Waals surface area contributed by atoms with Crippen LogP contribution in [0.5, 0.6) is 0 Å². The minimum absolute atomic E-state index is 0.0994. The molecule has 5 heteroatoms. The highest BCUT2D eigenvalue weighted by Crippen LogP contribution is 2.25. The average molecular weight is 273 g/mol. The summed E-state index contributed by atoms with van der Waals surface area (Å²) in [6.45, 7) is 3.73. The molecule has 0 spiro atoms.